The molecule has 0 atom stereocenters. The van der Waals surface area contributed by atoms with Gasteiger partial charge in [-0.3, -0.25) is 0 Å². The highest BCUT2D eigenvalue weighted by atomic mass is 35.5. The summed E-state index contributed by atoms with van der Waals surface area (Å²) in [5, 5.41) is 12.3. The maximum absolute atomic E-state index is 13.4. The van der Waals surface area contributed by atoms with Crippen molar-refractivity contribution in [3.63, 3.8) is 0 Å². The molecule has 0 spiro atoms. The number of hydrogen-bond donors (Lipinski definition) is 4. The Morgan fingerprint density at radius 3 is 2.56 bits per heavy atom. The molecule has 4 N–H and O–H groups in total. The molecule has 1 aliphatic heterocycles. The predicted octanol–water partition coefficient (Wildman–Crippen LogP) is 6.50. The Bertz CT molecular complexity index is 1380. The molecule has 0 saturated carbocycles. The zero-order chi connectivity index (χ0) is 23.5. The van der Waals surface area contributed by atoms with Gasteiger partial charge < -0.3 is 21.3 Å². The summed E-state index contributed by atoms with van der Waals surface area (Å²) in [5.74, 6) is 0.414. The van der Waals surface area contributed by atoms with E-state index in [4.69, 9.17) is 11.6 Å². The lowest BCUT2D eigenvalue weighted by Crippen LogP contribution is -2.19. The molecule has 0 aliphatic carbocycles. The minimum atomic E-state index is -0.481. The average molecular weight is 475 g/mol. The Hall–Kier alpha value is -4.17. The van der Waals surface area contributed by atoms with E-state index < -0.39 is 11.8 Å². The summed E-state index contributed by atoms with van der Waals surface area (Å²) < 4.78 is 13.4. The molecule has 3 aromatic carbocycles. The Morgan fingerprint density at radius 2 is 1.68 bits per heavy atom. The average Bonchev–Trinajstić information content (AvgIpc) is 2.80. The number of urea groups is 1. The number of rotatable bonds is 2. The second-order valence-electron chi connectivity index (χ2n) is 7.85. The topological polar surface area (TPSA) is 91.0 Å². The van der Waals surface area contributed by atoms with Crippen LogP contribution in [0.15, 0.2) is 72.9 Å². The Morgan fingerprint density at radius 1 is 0.882 bits per heavy atom. The Balaban J connectivity index is 1.46. The number of halogens is 2. The number of carbonyl (C=O) groups is 1. The monoisotopic (exact) mass is 474 g/mol. The Kier molecular flexibility index (Phi) is 5.97. The number of anilines is 6. The third-order valence-electron chi connectivity index (χ3n) is 5.23. The number of aromatic nitrogens is 2. The van der Waals surface area contributed by atoms with Crippen molar-refractivity contribution in [2.24, 2.45) is 0 Å². The van der Waals surface area contributed by atoms with Crippen molar-refractivity contribution in [2.75, 3.05) is 21.3 Å². The number of aryl methyl sites for hydroxylation is 2. The molecule has 0 radical (unpaired) electrons. The fraction of sp³-hybridized carbons (Fsp3) is 0.0800. The van der Waals surface area contributed by atoms with Crippen LogP contribution >= 0.6 is 11.6 Å². The van der Waals surface area contributed by atoms with Gasteiger partial charge in [-0.05, 0) is 72.5 Å². The van der Waals surface area contributed by atoms with Crippen LogP contribution in [0.2, 0.25) is 5.02 Å². The quantitative estimate of drug-likeness (QED) is 0.266. The maximum Gasteiger partial charge on any atom is 0.323 e. The first-order valence-electron chi connectivity index (χ1n) is 10.6. The summed E-state index contributed by atoms with van der Waals surface area (Å²) in [7, 11) is 0. The van der Waals surface area contributed by atoms with E-state index >= 15 is 0 Å². The second kappa shape index (κ2) is 9.36. The number of fused-ring (bicyclic) bond motifs is 6. The maximum atomic E-state index is 13.4. The molecule has 9 heteroatoms. The van der Waals surface area contributed by atoms with Crippen molar-refractivity contribution in [1.29, 1.82) is 0 Å². The van der Waals surface area contributed by atoms with E-state index in [9.17, 15) is 9.18 Å². The van der Waals surface area contributed by atoms with E-state index in [1.165, 1.54) is 24.4 Å². The van der Waals surface area contributed by atoms with Crippen molar-refractivity contribution in [3.05, 3.63) is 94.9 Å². The summed E-state index contributed by atoms with van der Waals surface area (Å²) in [6.07, 6.45) is 3.07. The summed E-state index contributed by atoms with van der Waals surface area (Å²) in [4.78, 5) is 21.3. The third-order valence-corrected chi connectivity index (χ3v) is 5.50. The van der Waals surface area contributed by atoms with Gasteiger partial charge in [0.2, 0.25) is 5.95 Å². The molecule has 0 saturated heterocycles. The van der Waals surface area contributed by atoms with E-state index in [0.29, 0.717) is 33.9 Å². The summed E-state index contributed by atoms with van der Waals surface area (Å²) >= 11 is 6.33. The number of hydrogen-bond acceptors (Lipinski definition) is 5. The van der Waals surface area contributed by atoms with Crippen LogP contribution in [0.25, 0.3) is 0 Å². The normalized spacial score (nSPS) is 12.2. The van der Waals surface area contributed by atoms with Crippen LogP contribution in [-0.2, 0) is 12.8 Å². The lowest BCUT2D eigenvalue weighted by molar-refractivity contribution is 0.262. The van der Waals surface area contributed by atoms with E-state index in [2.05, 4.69) is 43.4 Å². The number of nitrogens with zero attached hydrogens (tertiary/aromatic N) is 2. The predicted molar refractivity (Wildman–Crippen MR) is 133 cm³/mol. The lowest BCUT2D eigenvalue weighted by Gasteiger charge is -2.14. The van der Waals surface area contributed by atoms with Crippen molar-refractivity contribution in [3.8, 4) is 0 Å². The van der Waals surface area contributed by atoms with Crippen LogP contribution in [0.5, 0.6) is 0 Å². The highest BCUT2D eigenvalue weighted by Crippen LogP contribution is 2.29. The van der Waals surface area contributed by atoms with Gasteiger partial charge in [0.05, 0.1) is 6.20 Å². The van der Waals surface area contributed by atoms with Gasteiger partial charge in [-0.2, -0.15) is 4.98 Å². The number of carbonyl (C=O) groups excluding carboxylic acids is 1. The molecule has 6 bridgehead atoms. The highest BCUT2D eigenvalue weighted by Gasteiger charge is 2.12. The first kappa shape index (κ1) is 21.7. The molecule has 1 aliphatic rings. The summed E-state index contributed by atoms with van der Waals surface area (Å²) in [5.41, 5.74) is 4.67. The molecule has 170 valence electrons. The molecule has 2 amide bonds. The van der Waals surface area contributed by atoms with Gasteiger partial charge in [0.15, 0.2) is 5.82 Å². The molecule has 1 aromatic heterocycles. The zero-order valence-electron chi connectivity index (χ0n) is 17.9. The minimum Gasteiger partial charge on any atom is -0.339 e. The fourth-order valence-electron chi connectivity index (χ4n) is 3.71. The number of amides is 2. The van der Waals surface area contributed by atoms with E-state index in [-0.39, 0.29) is 0 Å². The Labute approximate surface area is 200 Å². The van der Waals surface area contributed by atoms with Gasteiger partial charge in [0, 0.05) is 22.7 Å². The first-order valence-corrected chi connectivity index (χ1v) is 11.0. The number of nitrogens with one attached hydrogen (secondary N) is 4. The minimum absolute atomic E-state index is 0.359. The van der Waals surface area contributed by atoms with Crippen LogP contribution in [0.3, 0.4) is 0 Å². The van der Waals surface area contributed by atoms with Crippen molar-refractivity contribution in [1.82, 2.24) is 9.97 Å². The fourth-order valence-corrected chi connectivity index (χ4v) is 3.85. The van der Waals surface area contributed by atoms with Crippen LogP contribution < -0.4 is 21.3 Å². The standard InChI is InChI=1S/C25H20ClFN6O/c26-22-14-28-24-30-18-5-1-3-15(9-18)7-8-16-10-20(29-23(22)33-24)13-21(11-16)32-25(34)31-19-6-2-4-17(27)12-19/h1-6,9-14H,7-8H2,(H2,31,32,34)(H2,28,29,30,33). The van der Waals surface area contributed by atoms with E-state index in [0.717, 1.165) is 29.7 Å². The van der Waals surface area contributed by atoms with E-state index in [1.807, 2.05) is 24.3 Å². The van der Waals surface area contributed by atoms with E-state index in [1.54, 1.807) is 12.1 Å². The van der Waals surface area contributed by atoms with Gasteiger partial charge in [0.1, 0.15) is 10.8 Å². The number of benzene rings is 3. The van der Waals surface area contributed by atoms with Gasteiger partial charge in [-0.1, -0.05) is 29.8 Å². The third kappa shape index (κ3) is 5.24. The van der Waals surface area contributed by atoms with Crippen molar-refractivity contribution < 1.29 is 9.18 Å². The van der Waals surface area contributed by atoms with Gasteiger partial charge >= 0.3 is 6.03 Å². The van der Waals surface area contributed by atoms with Crippen LogP contribution in [-0.4, -0.2) is 16.0 Å². The molecule has 7 nitrogen and oxygen atoms in total. The molecule has 4 aromatic rings. The first-order chi connectivity index (χ1) is 16.5. The summed E-state index contributed by atoms with van der Waals surface area (Å²) in [6, 6.07) is 19.0. The molecular formula is C25H20ClFN6O. The van der Waals surface area contributed by atoms with Crippen molar-refractivity contribution in [2.45, 2.75) is 12.8 Å². The van der Waals surface area contributed by atoms with Crippen molar-refractivity contribution >= 4 is 52.1 Å². The molecule has 34 heavy (non-hydrogen) atoms. The SMILES string of the molecule is O=C(Nc1cccc(F)c1)Nc1cc2cc(c1)Nc1nc(ncc1Cl)Nc1cccc(c1)CC2. The zero-order valence-corrected chi connectivity index (χ0v) is 18.7. The largest absolute Gasteiger partial charge is 0.339 e. The molecule has 2 heterocycles. The lowest BCUT2D eigenvalue weighted by atomic mass is 10.0. The summed E-state index contributed by atoms with van der Waals surface area (Å²) in [6.45, 7) is 0. The smallest absolute Gasteiger partial charge is 0.323 e. The molecule has 0 unspecified atom stereocenters. The van der Waals surface area contributed by atoms with Crippen LogP contribution in [0, 0.1) is 5.82 Å². The highest BCUT2D eigenvalue weighted by molar-refractivity contribution is 6.32. The van der Waals surface area contributed by atoms with Gasteiger partial charge in [-0.15, -0.1) is 0 Å². The molecule has 0 fully saturated rings. The van der Waals surface area contributed by atoms with Gasteiger partial charge in [-0.25, -0.2) is 14.2 Å². The molecule has 5 rings (SSSR count). The van der Waals surface area contributed by atoms with Crippen LogP contribution in [0.4, 0.5) is 43.7 Å². The second-order valence-corrected chi connectivity index (χ2v) is 8.26. The van der Waals surface area contributed by atoms with Crippen LogP contribution in [0.1, 0.15) is 11.1 Å². The molecular weight excluding hydrogens is 455 g/mol. The van der Waals surface area contributed by atoms with Gasteiger partial charge in [0.25, 0.3) is 0 Å².